The van der Waals surface area contributed by atoms with E-state index in [1.165, 1.54) is 48.8 Å². The van der Waals surface area contributed by atoms with Gasteiger partial charge in [0.2, 0.25) is 0 Å². The van der Waals surface area contributed by atoms with Gasteiger partial charge in [-0.2, -0.15) is 0 Å². The fourth-order valence-corrected chi connectivity index (χ4v) is 3.92. The smallest absolute Gasteiger partial charge is 0.0197 e. The summed E-state index contributed by atoms with van der Waals surface area (Å²) >= 11 is 0. The molecule has 112 valence electrons. The van der Waals surface area contributed by atoms with E-state index < -0.39 is 0 Å². The van der Waals surface area contributed by atoms with Crippen molar-refractivity contribution in [2.45, 2.75) is 71.8 Å². The van der Waals surface area contributed by atoms with Gasteiger partial charge in [0.15, 0.2) is 0 Å². The number of nitrogens with two attached hydrogens (primary N) is 1. The Labute approximate surface area is 125 Å². The van der Waals surface area contributed by atoms with Crippen molar-refractivity contribution < 1.29 is 0 Å². The first kappa shape index (κ1) is 15.6. The van der Waals surface area contributed by atoms with Crippen molar-refractivity contribution in [1.82, 2.24) is 0 Å². The average molecular weight is 273 g/mol. The van der Waals surface area contributed by atoms with Gasteiger partial charge >= 0.3 is 0 Å². The molecular weight excluding hydrogens is 242 g/mol. The van der Waals surface area contributed by atoms with Gasteiger partial charge in [-0.1, -0.05) is 50.5 Å². The third-order valence-electron chi connectivity index (χ3n) is 4.83. The van der Waals surface area contributed by atoms with Crippen molar-refractivity contribution in [2.24, 2.45) is 17.6 Å². The second-order valence-corrected chi connectivity index (χ2v) is 7.56. The van der Waals surface area contributed by atoms with Crippen LogP contribution in [-0.2, 0) is 6.42 Å². The second-order valence-electron chi connectivity index (χ2n) is 7.56. The monoisotopic (exact) mass is 273 g/mol. The Morgan fingerprint density at radius 1 is 1.30 bits per heavy atom. The highest BCUT2D eigenvalue weighted by Gasteiger charge is 2.33. The predicted molar refractivity (Wildman–Crippen MR) is 88.0 cm³/mol. The summed E-state index contributed by atoms with van der Waals surface area (Å²) in [4.78, 5) is 0. The summed E-state index contributed by atoms with van der Waals surface area (Å²) in [6, 6.07) is 6.77. The topological polar surface area (TPSA) is 26.0 Å². The van der Waals surface area contributed by atoms with Gasteiger partial charge in [-0.15, -0.1) is 0 Å². The Balaban J connectivity index is 2.08. The maximum Gasteiger partial charge on any atom is 0.0197 e. The fourth-order valence-electron chi connectivity index (χ4n) is 3.92. The first-order valence-corrected chi connectivity index (χ1v) is 8.23. The number of benzene rings is 1. The van der Waals surface area contributed by atoms with Crippen molar-refractivity contribution in [1.29, 1.82) is 0 Å². The van der Waals surface area contributed by atoms with Gasteiger partial charge in [-0.3, -0.25) is 0 Å². The zero-order valence-corrected chi connectivity index (χ0v) is 13.7. The van der Waals surface area contributed by atoms with E-state index in [1.807, 2.05) is 0 Å². The molecule has 0 bridgehead atoms. The Bertz CT molecular complexity index is 449. The lowest BCUT2D eigenvalue weighted by Crippen LogP contribution is -2.46. The molecular formula is C19H31N. The minimum Gasteiger partial charge on any atom is -0.325 e. The highest BCUT2D eigenvalue weighted by molar-refractivity contribution is 5.32. The number of hydrogen-bond donors (Lipinski definition) is 1. The zero-order chi connectivity index (χ0) is 14.8. The molecule has 2 rings (SSSR count). The minimum atomic E-state index is 0.0242. The molecule has 0 amide bonds. The van der Waals surface area contributed by atoms with E-state index in [9.17, 15) is 0 Å². The van der Waals surface area contributed by atoms with Crippen LogP contribution in [0.25, 0.3) is 0 Å². The van der Waals surface area contributed by atoms with Crippen LogP contribution in [0.3, 0.4) is 0 Å². The molecule has 0 spiro atoms. The summed E-state index contributed by atoms with van der Waals surface area (Å²) in [7, 11) is 0. The van der Waals surface area contributed by atoms with Crippen molar-refractivity contribution in [3.63, 3.8) is 0 Å². The highest BCUT2D eigenvalue weighted by atomic mass is 14.7. The summed E-state index contributed by atoms with van der Waals surface area (Å²) in [6.07, 6.45) is 7.47. The van der Waals surface area contributed by atoms with Crippen LogP contribution in [0, 0.1) is 25.7 Å². The summed E-state index contributed by atoms with van der Waals surface area (Å²) in [6.45, 7) is 9.05. The highest BCUT2D eigenvalue weighted by Crippen LogP contribution is 2.36. The molecule has 1 fully saturated rings. The normalized spacial score (nSPS) is 27.0. The maximum atomic E-state index is 6.78. The number of aryl methyl sites for hydroxylation is 2. The molecule has 2 unspecified atom stereocenters. The lowest BCUT2D eigenvalue weighted by Gasteiger charge is -2.39. The van der Waals surface area contributed by atoms with Gasteiger partial charge in [0.05, 0.1) is 0 Å². The zero-order valence-electron chi connectivity index (χ0n) is 13.7. The average Bonchev–Trinajstić information content (AvgIpc) is 2.32. The molecule has 1 aromatic rings. The number of rotatable bonds is 4. The Kier molecular flexibility index (Phi) is 4.90. The lowest BCUT2D eigenvalue weighted by molar-refractivity contribution is 0.200. The molecule has 0 saturated heterocycles. The van der Waals surface area contributed by atoms with Crippen LogP contribution in [-0.4, -0.2) is 5.54 Å². The first-order chi connectivity index (χ1) is 9.38. The van der Waals surface area contributed by atoms with Crippen molar-refractivity contribution in [3.8, 4) is 0 Å². The SMILES string of the molecule is Cc1ccc(C)c(CC2(N)CCCC(CC(C)C)C2)c1. The van der Waals surface area contributed by atoms with Crippen LogP contribution < -0.4 is 5.73 Å². The summed E-state index contributed by atoms with van der Waals surface area (Å²) < 4.78 is 0. The van der Waals surface area contributed by atoms with Crippen LogP contribution >= 0.6 is 0 Å². The molecule has 1 saturated carbocycles. The molecule has 20 heavy (non-hydrogen) atoms. The van der Waals surface area contributed by atoms with Crippen molar-refractivity contribution >= 4 is 0 Å². The predicted octanol–water partition coefficient (Wildman–Crippen LogP) is 4.78. The molecule has 1 heteroatoms. The summed E-state index contributed by atoms with van der Waals surface area (Å²) in [5, 5.41) is 0. The lowest BCUT2D eigenvalue weighted by atomic mass is 9.71. The summed E-state index contributed by atoms with van der Waals surface area (Å²) in [5.41, 5.74) is 11.0. The first-order valence-electron chi connectivity index (χ1n) is 8.23. The Morgan fingerprint density at radius 3 is 2.75 bits per heavy atom. The standard InChI is InChI=1S/C19H31N/c1-14(2)10-17-6-5-9-19(20,12-17)13-18-11-15(3)7-8-16(18)4/h7-8,11,14,17H,5-6,9-10,12-13,20H2,1-4H3. The van der Waals surface area contributed by atoms with Gasteiger partial charge in [-0.25, -0.2) is 0 Å². The van der Waals surface area contributed by atoms with Gasteiger partial charge in [0.25, 0.3) is 0 Å². The molecule has 2 N–H and O–H groups in total. The van der Waals surface area contributed by atoms with Crippen LogP contribution in [0.2, 0.25) is 0 Å². The molecule has 1 aromatic carbocycles. The Morgan fingerprint density at radius 2 is 2.05 bits per heavy atom. The molecule has 1 aliphatic carbocycles. The van der Waals surface area contributed by atoms with Crippen molar-refractivity contribution in [3.05, 3.63) is 34.9 Å². The summed E-state index contributed by atoms with van der Waals surface area (Å²) in [5.74, 6) is 1.63. The minimum absolute atomic E-state index is 0.0242. The van der Waals surface area contributed by atoms with Crippen LogP contribution in [0.5, 0.6) is 0 Å². The molecule has 1 nitrogen and oxygen atoms in total. The molecule has 0 heterocycles. The third kappa shape index (κ3) is 4.09. The van der Waals surface area contributed by atoms with Gasteiger partial charge in [0, 0.05) is 5.54 Å². The molecule has 0 radical (unpaired) electrons. The van der Waals surface area contributed by atoms with E-state index in [2.05, 4.69) is 45.9 Å². The number of hydrogen-bond acceptors (Lipinski definition) is 1. The molecule has 0 aromatic heterocycles. The molecule has 2 atom stereocenters. The van der Waals surface area contributed by atoms with E-state index in [1.54, 1.807) is 0 Å². The van der Waals surface area contributed by atoms with E-state index in [0.717, 1.165) is 18.3 Å². The second kappa shape index (κ2) is 6.30. The van der Waals surface area contributed by atoms with Gasteiger partial charge in [0.1, 0.15) is 0 Å². The third-order valence-corrected chi connectivity index (χ3v) is 4.83. The largest absolute Gasteiger partial charge is 0.325 e. The van der Waals surface area contributed by atoms with Gasteiger partial charge < -0.3 is 5.73 Å². The van der Waals surface area contributed by atoms with E-state index in [-0.39, 0.29) is 5.54 Å². The quantitative estimate of drug-likeness (QED) is 0.839. The van der Waals surface area contributed by atoms with Crippen molar-refractivity contribution in [2.75, 3.05) is 0 Å². The molecule has 1 aliphatic rings. The van der Waals surface area contributed by atoms with Gasteiger partial charge in [-0.05, 0) is 62.5 Å². The Hall–Kier alpha value is -0.820. The van der Waals surface area contributed by atoms with Crippen LogP contribution in [0.1, 0.15) is 62.6 Å². The van der Waals surface area contributed by atoms with Crippen LogP contribution in [0.4, 0.5) is 0 Å². The van der Waals surface area contributed by atoms with E-state index in [4.69, 9.17) is 5.73 Å². The fraction of sp³-hybridized carbons (Fsp3) is 0.684. The van der Waals surface area contributed by atoms with E-state index in [0.29, 0.717) is 0 Å². The maximum absolute atomic E-state index is 6.78. The van der Waals surface area contributed by atoms with E-state index >= 15 is 0 Å². The van der Waals surface area contributed by atoms with Crippen LogP contribution in [0.15, 0.2) is 18.2 Å². The molecule has 0 aliphatic heterocycles.